The number of anilines is 4. The molecule has 2 atom stereocenters. The van der Waals surface area contributed by atoms with Crippen LogP contribution in [0.15, 0.2) is 131 Å². The number of aromatic carboxylic acids is 1. The lowest BCUT2D eigenvalue weighted by Crippen LogP contribution is -2.46. The smallest absolute Gasteiger partial charge is 0.338 e. The molecule has 6 aromatic rings. The summed E-state index contributed by atoms with van der Waals surface area (Å²) in [6.07, 6.45) is 1.31. The molecule has 7 rings (SSSR count). The SMILES string of the molecule is CC[C@@H](Cl)n1c(C)c(C(=O)O)c(-c2cccc(N3CCN(c4ccc(NS(=O)(=O)c5ccc(NC(CCN(C)C)CSc6ccccc6)c([N+](=O)[O-])c5)cc4)CC3)c2)c1-c1ccc(Cl)cc1. The maximum atomic E-state index is 13.6. The number of hydrogen-bond donors (Lipinski definition) is 3. The lowest BCUT2D eigenvalue weighted by atomic mass is 9.96. The number of alkyl halides is 1. The molecule has 1 aliphatic rings. The van der Waals surface area contributed by atoms with Gasteiger partial charge in [-0.3, -0.25) is 14.8 Å². The van der Waals surface area contributed by atoms with Crippen LogP contribution in [0.5, 0.6) is 0 Å². The van der Waals surface area contributed by atoms with E-state index in [1.54, 1.807) is 43.0 Å². The van der Waals surface area contributed by atoms with E-state index in [0.717, 1.165) is 52.1 Å². The van der Waals surface area contributed by atoms with E-state index in [2.05, 4.69) is 24.7 Å². The highest BCUT2D eigenvalue weighted by Gasteiger charge is 2.30. The Morgan fingerprint density at radius 2 is 1.55 bits per heavy atom. The second-order valence-electron chi connectivity index (χ2n) is 16.4. The lowest BCUT2D eigenvalue weighted by Gasteiger charge is -2.37. The number of nitro groups is 1. The van der Waals surface area contributed by atoms with E-state index >= 15 is 0 Å². The number of nitrogens with zero attached hydrogens (tertiary/aromatic N) is 5. The number of carboxylic acid groups (broad SMARTS) is 1. The molecule has 0 spiro atoms. The number of carboxylic acids is 1. The normalized spacial score (nSPS) is 14.0. The summed E-state index contributed by atoms with van der Waals surface area (Å²) < 4.78 is 31.7. The summed E-state index contributed by atoms with van der Waals surface area (Å²) >= 11 is 14.8. The second-order valence-corrected chi connectivity index (χ2v) is 20.1. The van der Waals surface area contributed by atoms with E-state index in [4.69, 9.17) is 23.2 Å². The van der Waals surface area contributed by atoms with E-state index in [-0.39, 0.29) is 27.9 Å². The molecule has 0 aliphatic carbocycles. The molecule has 5 aromatic carbocycles. The van der Waals surface area contributed by atoms with Crippen molar-refractivity contribution in [3.8, 4) is 22.4 Å². The maximum Gasteiger partial charge on any atom is 0.338 e. The van der Waals surface area contributed by atoms with E-state index in [0.29, 0.717) is 60.3 Å². The number of aromatic nitrogens is 1. The minimum Gasteiger partial charge on any atom is -0.478 e. The van der Waals surface area contributed by atoms with Crippen LogP contribution in [0, 0.1) is 17.0 Å². The summed E-state index contributed by atoms with van der Waals surface area (Å²) in [7, 11) is -0.232. The van der Waals surface area contributed by atoms with Crippen LogP contribution in [0.25, 0.3) is 22.4 Å². The second kappa shape index (κ2) is 21.3. The predicted octanol–water partition coefficient (Wildman–Crippen LogP) is 11.2. The summed E-state index contributed by atoms with van der Waals surface area (Å²) in [6, 6.07) is 36.1. The molecule has 1 saturated heterocycles. The number of rotatable bonds is 19. The highest BCUT2D eigenvalue weighted by molar-refractivity contribution is 7.99. The van der Waals surface area contributed by atoms with Crippen LogP contribution in [0.3, 0.4) is 0 Å². The van der Waals surface area contributed by atoms with Gasteiger partial charge in [0.2, 0.25) is 0 Å². The minimum absolute atomic E-state index is 0.118. The van der Waals surface area contributed by atoms with Gasteiger partial charge in [-0.25, -0.2) is 13.2 Å². The molecule has 2 heterocycles. The molecule has 0 saturated carbocycles. The van der Waals surface area contributed by atoms with Crippen LogP contribution in [0.4, 0.5) is 28.4 Å². The van der Waals surface area contributed by atoms with Crippen molar-refractivity contribution in [3.63, 3.8) is 0 Å². The van der Waals surface area contributed by atoms with Crippen LogP contribution in [0.1, 0.15) is 41.3 Å². The third-order valence-electron chi connectivity index (χ3n) is 11.6. The largest absolute Gasteiger partial charge is 0.478 e. The Kier molecular flexibility index (Phi) is 15.6. The Balaban J connectivity index is 1.03. The first-order valence-corrected chi connectivity index (χ1v) is 24.9. The van der Waals surface area contributed by atoms with Crippen LogP contribution in [-0.4, -0.2) is 92.5 Å². The van der Waals surface area contributed by atoms with Crippen LogP contribution < -0.4 is 19.8 Å². The van der Waals surface area contributed by atoms with Gasteiger partial charge in [0.15, 0.2) is 0 Å². The fourth-order valence-corrected chi connectivity index (χ4v) is 10.6. The fraction of sp³-hybridized carbons (Fsp3) is 0.286. The van der Waals surface area contributed by atoms with E-state index in [1.807, 2.05) is 104 Å². The van der Waals surface area contributed by atoms with Gasteiger partial charge < -0.3 is 29.7 Å². The third-order valence-corrected chi connectivity index (χ3v) is 14.9. The van der Waals surface area contributed by atoms with Gasteiger partial charge in [0.25, 0.3) is 15.7 Å². The van der Waals surface area contributed by atoms with Crippen LogP contribution in [0.2, 0.25) is 5.02 Å². The molecular formula is C49H53Cl2N7O6S2. The van der Waals surface area contributed by atoms with Gasteiger partial charge in [-0.1, -0.05) is 72.6 Å². The maximum absolute atomic E-state index is 13.6. The molecule has 346 valence electrons. The number of piperazine rings is 1. The average molecular weight is 971 g/mol. The molecule has 1 aliphatic heterocycles. The monoisotopic (exact) mass is 969 g/mol. The number of nitro benzene ring substituents is 1. The Labute approximate surface area is 400 Å². The van der Waals surface area contributed by atoms with E-state index in [1.165, 1.54) is 12.1 Å². The number of sulfonamides is 1. The van der Waals surface area contributed by atoms with Gasteiger partial charge in [0.05, 0.1) is 21.1 Å². The highest BCUT2D eigenvalue weighted by Crippen LogP contribution is 2.44. The Hall–Kier alpha value is -5.71. The third kappa shape index (κ3) is 11.3. The first-order chi connectivity index (χ1) is 31.6. The molecule has 0 amide bonds. The molecule has 1 aromatic heterocycles. The minimum atomic E-state index is -4.18. The molecule has 1 fully saturated rings. The fourth-order valence-electron chi connectivity index (χ4n) is 8.21. The number of nitrogens with one attached hydrogen (secondary N) is 2. The van der Waals surface area contributed by atoms with Gasteiger partial charge in [-0.2, -0.15) is 0 Å². The molecule has 3 N–H and O–H groups in total. The van der Waals surface area contributed by atoms with Gasteiger partial charge in [0, 0.05) is 82.3 Å². The molecule has 66 heavy (non-hydrogen) atoms. The Bertz CT molecular complexity index is 2770. The van der Waals surface area contributed by atoms with Crippen molar-refractivity contribution in [2.75, 3.05) is 72.4 Å². The zero-order valence-electron chi connectivity index (χ0n) is 37.2. The predicted molar refractivity (Wildman–Crippen MR) is 270 cm³/mol. The number of hydrogen-bond acceptors (Lipinski definition) is 10. The van der Waals surface area contributed by atoms with Crippen molar-refractivity contribution in [2.24, 2.45) is 0 Å². The van der Waals surface area contributed by atoms with Gasteiger partial charge in [-0.05, 0) is 124 Å². The first kappa shape index (κ1) is 48.2. The summed E-state index contributed by atoms with van der Waals surface area (Å²) in [5, 5.41) is 26.7. The standard InChI is InChI=1S/C49H53Cl2N7O6S2/c1-5-45(51)57-33(2)46(49(59)60)47(48(57)34-14-16-36(50)17-15-34)35-10-9-11-40(30-35)56-28-26-55(27-29-56)39-20-18-37(19-21-39)53-66(63,64)42-22-23-43(44(31-42)58(61)62)52-38(24-25-54(3)4)32-65-41-12-7-6-8-13-41/h6-23,30-31,38,45,52-53H,5,24-29,32H2,1-4H3,(H,59,60)/t38?,45-/m0/s1. The van der Waals surface area contributed by atoms with Crippen molar-refractivity contribution in [1.82, 2.24) is 9.47 Å². The number of carbonyl (C=O) groups is 1. The van der Waals surface area contributed by atoms with Crippen LogP contribution in [-0.2, 0) is 10.0 Å². The van der Waals surface area contributed by atoms with Crippen molar-refractivity contribution >= 4 is 79.4 Å². The molecule has 13 nitrogen and oxygen atoms in total. The first-order valence-electron chi connectivity index (χ1n) is 21.6. The summed E-state index contributed by atoms with van der Waals surface area (Å²) in [5.41, 5.74) is 5.31. The topological polar surface area (TPSA) is 153 Å². The summed E-state index contributed by atoms with van der Waals surface area (Å²) in [4.78, 5) is 32.0. The van der Waals surface area contributed by atoms with Gasteiger partial charge in [0.1, 0.15) is 11.2 Å². The Morgan fingerprint density at radius 3 is 2.17 bits per heavy atom. The zero-order chi connectivity index (χ0) is 47.1. The van der Waals surface area contributed by atoms with Gasteiger partial charge in [-0.15, -0.1) is 11.8 Å². The van der Waals surface area contributed by atoms with Crippen molar-refractivity contribution in [2.45, 2.75) is 48.0 Å². The zero-order valence-corrected chi connectivity index (χ0v) is 40.3. The lowest BCUT2D eigenvalue weighted by molar-refractivity contribution is -0.384. The highest BCUT2D eigenvalue weighted by atomic mass is 35.5. The molecule has 0 bridgehead atoms. The van der Waals surface area contributed by atoms with E-state index in [9.17, 15) is 28.4 Å². The van der Waals surface area contributed by atoms with Crippen molar-refractivity contribution in [3.05, 3.63) is 148 Å². The van der Waals surface area contributed by atoms with Crippen LogP contribution >= 0.6 is 35.0 Å². The molecule has 0 radical (unpaired) electrons. The van der Waals surface area contributed by atoms with Crippen molar-refractivity contribution in [1.29, 1.82) is 0 Å². The number of halogens is 2. The Morgan fingerprint density at radius 1 is 0.879 bits per heavy atom. The van der Waals surface area contributed by atoms with E-state index < -0.39 is 26.4 Å². The quantitative estimate of drug-likeness (QED) is 0.0308. The van der Waals surface area contributed by atoms with Gasteiger partial charge >= 0.3 is 5.97 Å². The summed E-state index contributed by atoms with van der Waals surface area (Å²) in [5.74, 6) is -0.375. The molecular weight excluding hydrogens is 918 g/mol. The number of benzene rings is 5. The molecule has 17 heteroatoms. The van der Waals surface area contributed by atoms with Crippen molar-refractivity contribution < 1.29 is 23.2 Å². The average Bonchev–Trinajstić information content (AvgIpc) is 3.63. The molecule has 1 unspecified atom stereocenters. The number of thioether (sulfide) groups is 1. The summed E-state index contributed by atoms with van der Waals surface area (Å²) in [6.45, 7) is 7.24.